The number of Topliss-reactive ketones (excluding diaryl/α,β-unsaturated/α-hetero) is 1. The van der Waals surface area contributed by atoms with Gasteiger partial charge in [-0.15, -0.1) is 0 Å². The van der Waals surface area contributed by atoms with Gasteiger partial charge >= 0.3 is 12.0 Å². The molecule has 0 radical (unpaired) electrons. The van der Waals surface area contributed by atoms with E-state index in [0.717, 1.165) is 0 Å². The number of esters is 1. The molecule has 0 atom stereocenters. The number of ketones is 1. The van der Waals surface area contributed by atoms with E-state index in [4.69, 9.17) is 18.6 Å². The van der Waals surface area contributed by atoms with Crippen molar-refractivity contribution in [2.45, 2.75) is 13.5 Å². The number of amides is 3. The van der Waals surface area contributed by atoms with Crippen LogP contribution in [0.5, 0.6) is 11.5 Å². The van der Waals surface area contributed by atoms with Crippen LogP contribution in [0, 0.1) is 0 Å². The molecule has 0 bridgehead atoms. The van der Waals surface area contributed by atoms with E-state index in [1.807, 2.05) is 5.32 Å². The number of imide groups is 1. The Labute approximate surface area is 166 Å². The molecule has 10 nitrogen and oxygen atoms in total. The first-order chi connectivity index (χ1) is 13.9. The fraction of sp³-hybridized carbons (Fsp3) is 0.263. The molecule has 154 valence electrons. The van der Waals surface area contributed by atoms with Gasteiger partial charge < -0.3 is 23.9 Å². The first-order valence-electron chi connectivity index (χ1n) is 8.46. The van der Waals surface area contributed by atoms with Crippen LogP contribution in [0.4, 0.5) is 4.79 Å². The van der Waals surface area contributed by atoms with Gasteiger partial charge in [0.2, 0.25) is 0 Å². The van der Waals surface area contributed by atoms with E-state index >= 15 is 0 Å². The van der Waals surface area contributed by atoms with E-state index in [1.165, 1.54) is 38.5 Å². The summed E-state index contributed by atoms with van der Waals surface area (Å²) in [4.78, 5) is 46.3. The summed E-state index contributed by atoms with van der Waals surface area (Å²) in [6.45, 7) is 0.365. The van der Waals surface area contributed by atoms with Crippen molar-refractivity contribution in [2.24, 2.45) is 0 Å². The lowest BCUT2D eigenvalue weighted by Gasteiger charge is -2.11. The molecule has 10 heteroatoms. The second-order valence-corrected chi connectivity index (χ2v) is 5.68. The Bertz CT molecular complexity index is 876. The Balaban J connectivity index is 1.71. The van der Waals surface area contributed by atoms with Gasteiger partial charge in [0, 0.05) is 5.56 Å². The molecule has 0 saturated carbocycles. The largest absolute Gasteiger partial charge is 0.493 e. The topological polar surface area (TPSA) is 133 Å². The third kappa shape index (κ3) is 7.01. The molecule has 2 N–H and O–H groups in total. The number of carbonyl (C=O) groups is 4. The maximum Gasteiger partial charge on any atom is 0.344 e. The van der Waals surface area contributed by atoms with Gasteiger partial charge in [0.1, 0.15) is 5.76 Å². The van der Waals surface area contributed by atoms with E-state index in [-0.39, 0.29) is 23.8 Å². The molecule has 29 heavy (non-hydrogen) atoms. The number of benzene rings is 1. The predicted molar refractivity (Wildman–Crippen MR) is 98.5 cm³/mol. The maximum atomic E-state index is 11.7. The van der Waals surface area contributed by atoms with Crippen LogP contribution in [0.15, 0.2) is 41.0 Å². The number of methoxy groups -OCH3 is 1. The highest BCUT2D eigenvalue weighted by molar-refractivity contribution is 5.95. The molecule has 0 unspecified atom stereocenters. The molecule has 0 aliphatic carbocycles. The van der Waals surface area contributed by atoms with Crippen molar-refractivity contribution in [3.8, 4) is 11.5 Å². The summed E-state index contributed by atoms with van der Waals surface area (Å²) in [6.07, 6.45) is 1.45. The summed E-state index contributed by atoms with van der Waals surface area (Å²) >= 11 is 0. The van der Waals surface area contributed by atoms with Crippen molar-refractivity contribution in [3.63, 3.8) is 0 Å². The van der Waals surface area contributed by atoms with Crippen LogP contribution >= 0.6 is 0 Å². The maximum absolute atomic E-state index is 11.7. The highest BCUT2D eigenvalue weighted by Crippen LogP contribution is 2.28. The van der Waals surface area contributed by atoms with Crippen molar-refractivity contribution >= 4 is 23.7 Å². The second-order valence-electron chi connectivity index (χ2n) is 5.68. The van der Waals surface area contributed by atoms with E-state index < -0.39 is 31.1 Å². The predicted octanol–water partition coefficient (Wildman–Crippen LogP) is 1.44. The Hall–Kier alpha value is -3.82. The summed E-state index contributed by atoms with van der Waals surface area (Å²) in [5, 5.41) is 4.41. The van der Waals surface area contributed by atoms with Gasteiger partial charge in [-0.25, -0.2) is 9.59 Å². The van der Waals surface area contributed by atoms with Crippen molar-refractivity contribution in [3.05, 3.63) is 47.9 Å². The van der Waals surface area contributed by atoms with Crippen molar-refractivity contribution in [2.75, 3.05) is 20.3 Å². The van der Waals surface area contributed by atoms with Crippen LogP contribution < -0.4 is 20.1 Å². The number of furan rings is 1. The van der Waals surface area contributed by atoms with Crippen LogP contribution in [-0.2, 0) is 20.9 Å². The summed E-state index contributed by atoms with van der Waals surface area (Å²) < 4.78 is 20.2. The average molecular weight is 404 g/mol. The fourth-order valence-electron chi connectivity index (χ4n) is 2.12. The number of carbonyl (C=O) groups excluding carboxylic acids is 4. The minimum atomic E-state index is -0.825. The van der Waals surface area contributed by atoms with Crippen LogP contribution in [-0.4, -0.2) is 44.0 Å². The van der Waals surface area contributed by atoms with Crippen LogP contribution in [0.25, 0.3) is 0 Å². The number of hydrogen-bond acceptors (Lipinski definition) is 8. The van der Waals surface area contributed by atoms with E-state index in [2.05, 4.69) is 5.32 Å². The molecule has 0 fully saturated rings. The quantitative estimate of drug-likeness (QED) is 0.474. The smallest absolute Gasteiger partial charge is 0.344 e. The number of hydrogen-bond donors (Lipinski definition) is 2. The first kappa shape index (κ1) is 21.5. The number of ether oxygens (including phenoxy) is 3. The molecule has 1 aromatic heterocycles. The number of nitrogens with one attached hydrogen (secondary N) is 2. The zero-order chi connectivity index (χ0) is 21.2. The summed E-state index contributed by atoms with van der Waals surface area (Å²) in [6, 6.07) is 7.06. The van der Waals surface area contributed by atoms with Gasteiger partial charge in [0.05, 0.1) is 19.9 Å². The molecule has 0 spiro atoms. The third-order valence-corrected chi connectivity index (χ3v) is 3.54. The monoisotopic (exact) mass is 404 g/mol. The van der Waals surface area contributed by atoms with Crippen LogP contribution in [0.2, 0.25) is 0 Å². The van der Waals surface area contributed by atoms with Gasteiger partial charge in [0.15, 0.2) is 30.5 Å². The van der Waals surface area contributed by atoms with Crippen LogP contribution in [0.1, 0.15) is 23.0 Å². The van der Waals surface area contributed by atoms with E-state index in [0.29, 0.717) is 11.3 Å². The molecule has 2 aromatic rings. The molecular weight excluding hydrogens is 384 g/mol. The molecule has 0 aliphatic rings. The minimum Gasteiger partial charge on any atom is -0.493 e. The van der Waals surface area contributed by atoms with Crippen molar-refractivity contribution < 1.29 is 37.8 Å². The Kier molecular flexibility index (Phi) is 7.78. The lowest BCUT2D eigenvalue weighted by molar-refractivity contribution is -0.150. The van der Waals surface area contributed by atoms with Gasteiger partial charge in [-0.3, -0.25) is 14.9 Å². The minimum absolute atomic E-state index is 0.101. The highest BCUT2D eigenvalue weighted by atomic mass is 16.6. The zero-order valence-electron chi connectivity index (χ0n) is 15.9. The van der Waals surface area contributed by atoms with E-state index in [9.17, 15) is 19.2 Å². The zero-order valence-corrected chi connectivity index (χ0v) is 15.9. The lowest BCUT2D eigenvalue weighted by Crippen LogP contribution is -2.41. The van der Waals surface area contributed by atoms with Crippen molar-refractivity contribution in [1.82, 2.24) is 10.6 Å². The normalized spacial score (nSPS) is 10.0. The molecular formula is C19H20N2O8. The van der Waals surface area contributed by atoms with Gasteiger partial charge in [-0.2, -0.15) is 0 Å². The average Bonchev–Trinajstić information content (AvgIpc) is 3.22. The molecule has 2 rings (SSSR count). The number of urea groups is 1. The van der Waals surface area contributed by atoms with Gasteiger partial charge in [0.25, 0.3) is 5.91 Å². The lowest BCUT2D eigenvalue weighted by atomic mass is 10.1. The summed E-state index contributed by atoms with van der Waals surface area (Å²) in [5.74, 6) is -0.753. The molecule has 1 heterocycles. The van der Waals surface area contributed by atoms with Gasteiger partial charge in [-0.1, -0.05) is 0 Å². The Morgan fingerprint density at radius 2 is 1.86 bits per heavy atom. The summed E-state index contributed by atoms with van der Waals surface area (Å²) in [7, 11) is 1.39. The standard InChI is InChI=1S/C19H20N2O8/c1-12(22)13-5-6-15(16(8-13)26-2)28-11-18(24)29-10-17(23)21-19(25)20-9-14-4-3-7-27-14/h3-8H,9-11H2,1-2H3,(H2,20,21,23,25). The second kappa shape index (κ2) is 10.5. The first-order valence-corrected chi connectivity index (χ1v) is 8.46. The van der Waals surface area contributed by atoms with E-state index in [1.54, 1.807) is 12.1 Å². The fourth-order valence-corrected chi connectivity index (χ4v) is 2.12. The highest BCUT2D eigenvalue weighted by Gasteiger charge is 2.14. The van der Waals surface area contributed by atoms with Crippen LogP contribution in [0.3, 0.4) is 0 Å². The Morgan fingerprint density at radius 3 is 2.52 bits per heavy atom. The Morgan fingerprint density at radius 1 is 1.07 bits per heavy atom. The molecule has 3 amide bonds. The van der Waals surface area contributed by atoms with Gasteiger partial charge in [-0.05, 0) is 37.3 Å². The number of rotatable bonds is 9. The SMILES string of the molecule is COc1cc(C(C)=O)ccc1OCC(=O)OCC(=O)NC(=O)NCc1ccco1. The van der Waals surface area contributed by atoms with Crippen molar-refractivity contribution in [1.29, 1.82) is 0 Å². The molecule has 1 aromatic carbocycles. The summed E-state index contributed by atoms with van der Waals surface area (Å²) in [5.41, 5.74) is 0.429. The molecule has 0 saturated heterocycles. The third-order valence-electron chi connectivity index (χ3n) is 3.54. The molecule has 0 aliphatic heterocycles.